The number of nitrogens with zero attached hydrogens (tertiary/aromatic N) is 6. The highest BCUT2D eigenvalue weighted by molar-refractivity contribution is 7.99. The van der Waals surface area contributed by atoms with Crippen LogP contribution in [0.2, 0.25) is 5.02 Å². The molecule has 6 rings (SSSR count). The number of hydrogen-bond donors (Lipinski definition) is 0. The van der Waals surface area contributed by atoms with Crippen molar-refractivity contribution in [2.45, 2.75) is 43.4 Å². The van der Waals surface area contributed by atoms with E-state index in [0.717, 1.165) is 16.9 Å². The van der Waals surface area contributed by atoms with E-state index in [1.807, 2.05) is 23.6 Å². The molecule has 0 bridgehead atoms. The predicted molar refractivity (Wildman–Crippen MR) is 193 cm³/mol. The van der Waals surface area contributed by atoms with Gasteiger partial charge in [-0.2, -0.15) is 0 Å². The van der Waals surface area contributed by atoms with Crippen LogP contribution in [-0.4, -0.2) is 51.1 Å². The average Bonchev–Trinajstić information content (AvgIpc) is 3.67. The molecule has 0 spiro atoms. The molecule has 1 atom stereocenters. The van der Waals surface area contributed by atoms with Crippen molar-refractivity contribution < 1.29 is 23.9 Å². The van der Waals surface area contributed by atoms with Crippen molar-refractivity contribution >= 4 is 52.4 Å². The lowest BCUT2D eigenvalue weighted by molar-refractivity contribution is -0.384. The van der Waals surface area contributed by atoms with Gasteiger partial charge >= 0.3 is 5.97 Å². The molecule has 13 nitrogen and oxygen atoms in total. The normalized spacial score (nSPS) is 14.2. The molecule has 0 unspecified atom stereocenters. The molecule has 0 aliphatic carbocycles. The van der Waals surface area contributed by atoms with Crippen molar-refractivity contribution in [1.29, 1.82) is 0 Å². The lowest BCUT2D eigenvalue weighted by Crippen LogP contribution is -2.40. The zero-order chi connectivity index (χ0) is 36.4. The molecule has 2 aromatic heterocycles. The highest BCUT2D eigenvalue weighted by Gasteiger charge is 2.34. The summed E-state index contributed by atoms with van der Waals surface area (Å²) in [4.78, 5) is 44.7. The number of aromatic nitrogens is 4. The number of nitro groups is 1. The number of hydrogen-bond acceptors (Lipinski definition) is 12. The lowest BCUT2D eigenvalue weighted by atomic mass is 9.95. The summed E-state index contributed by atoms with van der Waals surface area (Å²) >= 11 is 8.60. The molecule has 0 saturated carbocycles. The van der Waals surface area contributed by atoms with E-state index in [-0.39, 0.29) is 22.4 Å². The fourth-order valence-electron chi connectivity index (χ4n) is 5.71. The van der Waals surface area contributed by atoms with E-state index in [1.165, 1.54) is 42.7 Å². The monoisotopic (exact) mass is 746 g/mol. The van der Waals surface area contributed by atoms with E-state index in [1.54, 1.807) is 56.3 Å². The fraction of sp³-hybridized carbons (Fsp3) is 0.229. The van der Waals surface area contributed by atoms with Gasteiger partial charge in [-0.05, 0) is 80.1 Å². The molecule has 3 aromatic carbocycles. The Bertz CT molecular complexity index is 2400. The van der Waals surface area contributed by atoms with E-state index in [4.69, 9.17) is 25.8 Å². The third kappa shape index (κ3) is 6.92. The highest BCUT2D eigenvalue weighted by atomic mass is 35.5. The van der Waals surface area contributed by atoms with Crippen LogP contribution in [-0.2, 0) is 16.1 Å². The molecule has 16 heteroatoms. The topological polar surface area (TPSA) is 153 Å². The third-order valence-electron chi connectivity index (χ3n) is 8.05. The van der Waals surface area contributed by atoms with Gasteiger partial charge in [-0.15, -0.1) is 10.2 Å². The number of benzene rings is 3. The molecule has 262 valence electrons. The number of ether oxygens (including phenoxy) is 3. The zero-order valence-corrected chi connectivity index (χ0v) is 30.5. The van der Waals surface area contributed by atoms with Crippen LogP contribution in [0.4, 0.5) is 5.69 Å². The van der Waals surface area contributed by atoms with E-state index in [2.05, 4.69) is 15.2 Å². The number of non-ortho nitro benzene ring substituents is 1. The molecule has 51 heavy (non-hydrogen) atoms. The van der Waals surface area contributed by atoms with E-state index < -0.39 is 22.5 Å². The smallest absolute Gasteiger partial charge is 0.338 e. The average molecular weight is 747 g/mol. The summed E-state index contributed by atoms with van der Waals surface area (Å²) in [5.41, 5.74) is 1.76. The minimum Gasteiger partial charge on any atom is -0.493 e. The van der Waals surface area contributed by atoms with Crippen molar-refractivity contribution in [3.63, 3.8) is 0 Å². The van der Waals surface area contributed by atoms with Gasteiger partial charge in [-0.25, -0.2) is 9.79 Å². The van der Waals surface area contributed by atoms with Crippen LogP contribution in [0, 0.1) is 10.1 Å². The van der Waals surface area contributed by atoms with Crippen molar-refractivity contribution in [1.82, 2.24) is 19.3 Å². The number of fused-ring (bicyclic) bond motifs is 1. The number of rotatable bonds is 11. The molecule has 3 heterocycles. The van der Waals surface area contributed by atoms with Gasteiger partial charge in [-0.3, -0.25) is 19.5 Å². The van der Waals surface area contributed by atoms with Crippen molar-refractivity contribution in [2.75, 3.05) is 20.8 Å². The molecular weight excluding hydrogens is 716 g/mol. The first kappa shape index (κ1) is 35.6. The Morgan fingerprint density at radius 2 is 1.86 bits per heavy atom. The third-order valence-corrected chi connectivity index (χ3v) is 10.3. The second-order valence-corrected chi connectivity index (χ2v) is 13.5. The van der Waals surface area contributed by atoms with E-state index >= 15 is 0 Å². The number of carbonyl (C=O) groups is 1. The second kappa shape index (κ2) is 14.9. The van der Waals surface area contributed by atoms with Gasteiger partial charge in [0.2, 0.25) is 0 Å². The quantitative estimate of drug-likeness (QED) is 0.0920. The molecule has 0 saturated heterocycles. The summed E-state index contributed by atoms with van der Waals surface area (Å²) in [6, 6.07) is 16.0. The van der Waals surface area contributed by atoms with Crippen LogP contribution in [0.1, 0.15) is 37.9 Å². The Kier molecular flexibility index (Phi) is 10.4. The molecule has 0 fully saturated rings. The maximum atomic E-state index is 14.4. The Balaban J connectivity index is 1.51. The molecule has 0 N–H and O–H groups in total. The number of esters is 1. The molecule has 1 aliphatic rings. The van der Waals surface area contributed by atoms with Crippen molar-refractivity contribution in [3.8, 4) is 22.9 Å². The van der Waals surface area contributed by atoms with Gasteiger partial charge in [0.05, 0.1) is 47.6 Å². The fourth-order valence-corrected chi connectivity index (χ4v) is 7.92. The number of carbonyl (C=O) groups excluding carboxylic acids is 1. The minimum absolute atomic E-state index is 0.123. The van der Waals surface area contributed by atoms with Gasteiger partial charge in [-0.1, -0.05) is 41.1 Å². The maximum absolute atomic E-state index is 14.4. The first-order valence-corrected chi connectivity index (χ1v) is 17.7. The predicted octanol–water partition coefficient (Wildman–Crippen LogP) is 5.81. The van der Waals surface area contributed by atoms with Gasteiger partial charge in [0.1, 0.15) is 0 Å². The van der Waals surface area contributed by atoms with E-state index in [9.17, 15) is 19.7 Å². The largest absolute Gasteiger partial charge is 0.493 e. The van der Waals surface area contributed by atoms with Crippen LogP contribution in [0.15, 0.2) is 91.8 Å². The molecule has 5 aromatic rings. The first-order chi connectivity index (χ1) is 24.6. The van der Waals surface area contributed by atoms with Crippen LogP contribution in [0.3, 0.4) is 0 Å². The Morgan fingerprint density at radius 1 is 1.08 bits per heavy atom. The summed E-state index contributed by atoms with van der Waals surface area (Å²) < 4.78 is 20.0. The number of nitro benzene ring substituents is 1. The standard InChI is InChI=1S/C35H31ClN6O7S2/c1-6-40-31(21-9-8-10-23(36)15-21)38-39-35(40)50-27-14-12-24(42(45)46)16-22(27)18-28-32(43)41-30(20-11-13-25(47-4)26(17-20)48-5)29(33(44)49-7-2)19(3)37-34(41)51-28/h8-18,30H,6-7H2,1-5H3/b28-18+/t30-/m1/s1. The SMILES string of the molecule is CCOC(=O)C1=C(C)N=c2s/c(=C/c3cc([N+](=O)[O-])ccc3Sc3nnc(-c4cccc(Cl)c4)n3CC)c(=O)n2[C@@H]1c1ccc(OC)c(OC)c1. The number of thiazole rings is 1. The first-order valence-electron chi connectivity index (χ1n) is 15.6. The van der Waals surface area contributed by atoms with Crippen LogP contribution in [0.5, 0.6) is 11.5 Å². The highest BCUT2D eigenvalue weighted by Crippen LogP contribution is 2.37. The van der Waals surface area contributed by atoms with Gasteiger partial charge in [0.15, 0.2) is 27.3 Å². The lowest BCUT2D eigenvalue weighted by Gasteiger charge is -2.25. The second-order valence-electron chi connectivity index (χ2n) is 11.1. The van der Waals surface area contributed by atoms with E-state index in [0.29, 0.717) is 60.6 Å². The van der Waals surface area contributed by atoms with Crippen molar-refractivity contribution in [2.24, 2.45) is 4.99 Å². The Labute approximate surface area is 304 Å². The van der Waals surface area contributed by atoms with Gasteiger partial charge < -0.3 is 18.8 Å². The molecular formula is C35H31ClN6O7S2. The number of allylic oxidation sites excluding steroid dienone is 1. The summed E-state index contributed by atoms with van der Waals surface area (Å²) in [5, 5.41) is 21.8. The van der Waals surface area contributed by atoms with Crippen LogP contribution < -0.4 is 24.4 Å². The summed E-state index contributed by atoms with van der Waals surface area (Å²) in [5.74, 6) is 0.887. The summed E-state index contributed by atoms with van der Waals surface area (Å²) in [6.45, 7) is 6.01. The summed E-state index contributed by atoms with van der Waals surface area (Å²) in [7, 11) is 3.01. The summed E-state index contributed by atoms with van der Waals surface area (Å²) in [6.07, 6.45) is 1.60. The molecule has 0 amide bonds. The van der Waals surface area contributed by atoms with Crippen LogP contribution >= 0.6 is 34.7 Å². The molecule has 1 aliphatic heterocycles. The van der Waals surface area contributed by atoms with Crippen LogP contribution in [0.25, 0.3) is 17.5 Å². The number of methoxy groups -OCH3 is 2. The Hall–Kier alpha value is -5.25. The molecule has 0 radical (unpaired) electrons. The van der Waals surface area contributed by atoms with Gasteiger partial charge in [0, 0.05) is 34.2 Å². The zero-order valence-electron chi connectivity index (χ0n) is 28.1. The Morgan fingerprint density at radius 3 is 2.55 bits per heavy atom. The number of halogens is 1. The van der Waals surface area contributed by atoms with Crippen molar-refractivity contribution in [3.05, 3.63) is 118 Å². The maximum Gasteiger partial charge on any atom is 0.338 e. The van der Waals surface area contributed by atoms with Gasteiger partial charge in [0.25, 0.3) is 11.2 Å². The minimum atomic E-state index is -0.908.